The summed E-state index contributed by atoms with van der Waals surface area (Å²) in [5.74, 6) is 0.367. The second-order valence-corrected chi connectivity index (χ2v) is 6.37. The quantitative estimate of drug-likeness (QED) is 0.882. The van der Waals surface area contributed by atoms with E-state index in [9.17, 15) is 5.11 Å². The molecule has 0 radical (unpaired) electrons. The standard InChI is InChI=1S/C17H21ClN2O/c1-12(21)14-6-4-8-20(10-14)11-15-9-13-5-2-3-7-16(13)19-17(15)18/h2-3,5,7,9,12,14,21H,4,6,8,10-11H2,1H3. The number of para-hydroxylation sites is 1. The molecule has 2 heterocycles. The summed E-state index contributed by atoms with van der Waals surface area (Å²) in [4.78, 5) is 6.86. The van der Waals surface area contributed by atoms with Gasteiger partial charge in [-0.2, -0.15) is 0 Å². The zero-order valence-corrected chi connectivity index (χ0v) is 13.1. The van der Waals surface area contributed by atoms with E-state index < -0.39 is 0 Å². The third-order valence-corrected chi connectivity index (χ3v) is 4.70. The SMILES string of the molecule is CC(O)C1CCCN(Cc2cc3ccccc3nc2Cl)C1. The predicted octanol–water partition coefficient (Wildman–Crippen LogP) is 3.48. The maximum Gasteiger partial charge on any atom is 0.134 e. The van der Waals surface area contributed by atoms with E-state index >= 15 is 0 Å². The summed E-state index contributed by atoms with van der Waals surface area (Å²) < 4.78 is 0. The van der Waals surface area contributed by atoms with E-state index in [-0.39, 0.29) is 6.10 Å². The van der Waals surface area contributed by atoms with E-state index in [4.69, 9.17) is 11.6 Å². The van der Waals surface area contributed by atoms with Crippen molar-refractivity contribution in [3.63, 3.8) is 0 Å². The summed E-state index contributed by atoms with van der Waals surface area (Å²) in [6.07, 6.45) is 2.00. The number of aromatic nitrogens is 1. The highest BCUT2D eigenvalue weighted by Gasteiger charge is 2.24. The zero-order chi connectivity index (χ0) is 14.8. The highest BCUT2D eigenvalue weighted by atomic mass is 35.5. The van der Waals surface area contributed by atoms with Crippen LogP contribution in [0.25, 0.3) is 10.9 Å². The topological polar surface area (TPSA) is 36.4 Å². The van der Waals surface area contributed by atoms with Crippen LogP contribution < -0.4 is 0 Å². The molecule has 0 aliphatic carbocycles. The van der Waals surface area contributed by atoms with Crippen molar-refractivity contribution in [2.45, 2.75) is 32.4 Å². The van der Waals surface area contributed by atoms with Crippen molar-refractivity contribution in [1.82, 2.24) is 9.88 Å². The first-order valence-corrected chi connectivity index (χ1v) is 7.96. The van der Waals surface area contributed by atoms with Crippen molar-refractivity contribution in [3.8, 4) is 0 Å². The van der Waals surface area contributed by atoms with Crippen LogP contribution >= 0.6 is 11.6 Å². The molecule has 1 N–H and O–H groups in total. The molecule has 3 nitrogen and oxygen atoms in total. The Morgan fingerprint density at radius 1 is 1.43 bits per heavy atom. The van der Waals surface area contributed by atoms with Crippen LogP contribution in [0.2, 0.25) is 5.15 Å². The third kappa shape index (κ3) is 3.37. The largest absolute Gasteiger partial charge is 0.393 e. The number of pyridine rings is 1. The second-order valence-electron chi connectivity index (χ2n) is 6.01. The molecule has 2 unspecified atom stereocenters. The summed E-state index contributed by atoms with van der Waals surface area (Å²) in [5, 5.41) is 11.5. The summed E-state index contributed by atoms with van der Waals surface area (Å²) in [6.45, 7) is 4.69. The molecular weight excluding hydrogens is 284 g/mol. The van der Waals surface area contributed by atoms with Crippen molar-refractivity contribution >= 4 is 22.5 Å². The first-order chi connectivity index (χ1) is 10.1. The maximum atomic E-state index is 9.79. The predicted molar refractivity (Wildman–Crippen MR) is 86.4 cm³/mol. The fourth-order valence-corrected chi connectivity index (χ4v) is 3.32. The lowest BCUT2D eigenvalue weighted by atomic mass is 9.93. The molecule has 4 heteroatoms. The average Bonchev–Trinajstić information content (AvgIpc) is 2.48. The molecule has 1 aliphatic rings. The number of fused-ring (bicyclic) bond motifs is 1. The number of hydrogen-bond donors (Lipinski definition) is 1. The third-order valence-electron chi connectivity index (χ3n) is 4.37. The van der Waals surface area contributed by atoms with Crippen molar-refractivity contribution < 1.29 is 5.11 Å². The van der Waals surface area contributed by atoms with Gasteiger partial charge in [0.05, 0.1) is 11.6 Å². The monoisotopic (exact) mass is 304 g/mol. The van der Waals surface area contributed by atoms with Gasteiger partial charge in [-0.1, -0.05) is 29.8 Å². The Morgan fingerprint density at radius 2 is 2.24 bits per heavy atom. The lowest BCUT2D eigenvalue weighted by Crippen LogP contribution is -2.39. The number of benzene rings is 1. The Kier molecular flexibility index (Phi) is 4.43. The van der Waals surface area contributed by atoms with Crippen molar-refractivity contribution in [3.05, 3.63) is 41.0 Å². The van der Waals surface area contributed by atoms with Gasteiger partial charge in [-0.3, -0.25) is 4.90 Å². The molecule has 1 aromatic heterocycles. The van der Waals surface area contributed by atoms with Gasteiger partial charge in [-0.15, -0.1) is 0 Å². The number of halogens is 1. The van der Waals surface area contributed by atoms with Gasteiger partial charge in [0.25, 0.3) is 0 Å². The van der Waals surface area contributed by atoms with E-state index in [0.29, 0.717) is 11.1 Å². The fraction of sp³-hybridized carbons (Fsp3) is 0.471. The minimum atomic E-state index is -0.238. The molecule has 2 aromatic rings. The molecule has 1 aliphatic heterocycles. The molecule has 1 saturated heterocycles. The van der Waals surface area contributed by atoms with E-state index in [1.54, 1.807) is 0 Å². The number of piperidine rings is 1. The molecule has 3 rings (SSSR count). The summed E-state index contributed by atoms with van der Waals surface area (Å²) in [7, 11) is 0. The Bertz CT molecular complexity index is 629. The van der Waals surface area contributed by atoms with E-state index in [2.05, 4.69) is 22.0 Å². The molecular formula is C17H21ClN2O. The minimum absolute atomic E-state index is 0.238. The van der Waals surface area contributed by atoms with Gasteiger partial charge in [0, 0.05) is 24.0 Å². The highest BCUT2D eigenvalue weighted by Crippen LogP contribution is 2.25. The Labute approximate surface area is 130 Å². The molecule has 21 heavy (non-hydrogen) atoms. The molecule has 2 atom stereocenters. The van der Waals surface area contributed by atoms with Crippen LogP contribution in [0.3, 0.4) is 0 Å². The van der Waals surface area contributed by atoms with Gasteiger partial charge in [0.15, 0.2) is 0 Å². The van der Waals surface area contributed by atoms with Crippen LogP contribution in [0.1, 0.15) is 25.3 Å². The smallest absolute Gasteiger partial charge is 0.134 e. The Balaban J connectivity index is 1.79. The van der Waals surface area contributed by atoms with E-state index in [1.807, 2.05) is 25.1 Å². The van der Waals surface area contributed by atoms with Gasteiger partial charge in [-0.25, -0.2) is 4.98 Å². The fourth-order valence-electron chi connectivity index (χ4n) is 3.12. The van der Waals surface area contributed by atoms with Crippen LogP contribution in [-0.4, -0.2) is 34.2 Å². The van der Waals surface area contributed by atoms with Gasteiger partial charge in [0.2, 0.25) is 0 Å². The number of aliphatic hydroxyl groups is 1. The minimum Gasteiger partial charge on any atom is -0.393 e. The van der Waals surface area contributed by atoms with E-state index in [0.717, 1.165) is 48.9 Å². The normalized spacial score (nSPS) is 21.6. The van der Waals surface area contributed by atoms with Crippen LogP contribution in [-0.2, 0) is 6.54 Å². The molecule has 0 spiro atoms. The van der Waals surface area contributed by atoms with Crippen LogP contribution in [0.15, 0.2) is 30.3 Å². The van der Waals surface area contributed by atoms with Crippen molar-refractivity contribution in [1.29, 1.82) is 0 Å². The lowest BCUT2D eigenvalue weighted by molar-refractivity contribution is 0.0599. The zero-order valence-electron chi connectivity index (χ0n) is 12.3. The number of rotatable bonds is 3. The number of nitrogens with zero attached hydrogens (tertiary/aromatic N) is 2. The van der Waals surface area contributed by atoms with Gasteiger partial charge < -0.3 is 5.11 Å². The van der Waals surface area contributed by atoms with Crippen molar-refractivity contribution in [2.24, 2.45) is 5.92 Å². The molecule has 0 saturated carbocycles. The highest BCUT2D eigenvalue weighted by molar-refractivity contribution is 6.30. The Hall–Kier alpha value is -1.16. The molecule has 1 fully saturated rings. The number of hydrogen-bond acceptors (Lipinski definition) is 3. The summed E-state index contributed by atoms with van der Waals surface area (Å²) in [5.41, 5.74) is 2.01. The van der Waals surface area contributed by atoms with Gasteiger partial charge in [0.1, 0.15) is 5.15 Å². The Morgan fingerprint density at radius 3 is 3.05 bits per heavy atom. The average molecular weight is 305 g/mol. The van der Waals surface area contributed by atoms with Crippen LogP contribution in [0.5, 0.6) is 0 Å². The number of aliphatic hydroxyl groups excluding tert-OH is 1. The maximum absolute atomic E-state index is 9.79. The van der Waals surface area contributed by atoms with Crippen LogP contribution in [0.4, 0.5) is 0 Å². The lowest BCUT2D eigenvalue weighted by Gasteiger charge is -2.34. The van der Waals surface area contributed by atoms with E-state index in [1.165, 1.54) is 0 Å². The number of likely N-dealkylation sites (tertiary alicyclic amines) is 1. The molecule has 0 bridgehead atoms. The molecule has 1 aromatic carbocycles. The second kappa shape index (κ2) is 6.30. The molecule has 0 amide bonds. The first-order valence-electron chi connectivity index (χ1n) is 7.58. The van der Waals surface area contributed by atoms with Crippen LogP contribution in [0, 0.1) is 5.92 Å². The summed E-state index contributed by atoms with van der Waals surface area (Å²) >= 11 is 6.33. The van der Waals surface area contributed by atoms with Gasteiger partial charge >= 0.3 is 0 Å². The van der Waals surface area contributed by atoms with Crippen molar-refractivity contribution in [2.75, 3.05) is 13.1 Å². The molecule has 112 valence electrons. The van der Waals surface area contributed by atoms with Gasteiger partial charge in [-0.05, 0) is 44.4 Å². The summed E-state index contributed by atoms with van der Waals surface area (Å²) in [6, 6.07) is 10.2. The first kappa shape index (κ1) is 14.8.